The Balaban J connectivity index is 1.42. The molecular formula is C28H26F6N4O2. The van der Waals surface area contributed by atoms with Gasteiger partial charge in [0.05, 0.1) is 11.4 Å². The van der Waals surface area contributed by atoms with Gasteiger partial charge in [0.2, 0.25) is 11.8 Å². The molecule has 0 unspecified atom stereocenters. The number of carbonyl (C=O) groups excluding carboxylic acids is 2. The molecule has 4 N–H and O–H groups in total. The monoisotopic (exact) mass is 564 g/mol. The zero-order valence-corrected chi connectivity index (χ0v) is 21.1. The van der Waals surface area contributed by atoms with E-state index in [2.05, 4.69) is 0 Å². The summed E-state index contributed by atoms with van der Waals surface area (Å²) in [5.41, 5.74) is 12.6. The molecule has 0 spiro atoms. The fourth-order valence-corrected chi connectivity index (χ4v) is 4.70. The predicted octanol–water partition coefficient (Wildman–Crippen LogP) is 4.12. The maximum Gasteiger partial charge on any atom is 0.228 e. The molecule has 0 bridgehead atoms. The normalized spacial score (nSPS) is 14.6. The van der Waals surface area contributed by atoms with Crippen molar-refractivity contribution in [1.82, 2.24) is 0 Å². The average molecular weight is 565 g/mol. The summed E-state index contributed by atoms with van der Waals surface area (Å²) in [5.74, 6) is -7.87. The minimum atomic E-state index is -1.33. The fraction of sp³-hybridized carbons (Fsp3) is 0.286. The third-order valence-electron chi connectivity index (χ3n) is 6.63. The molecule has 0 aliphatic carbocycles. The number of fused-ring (bicyclic) bond motifs is 1. The number of carbonyl (C=O) groups is 2. The molecule has 4 rings (SSSR count). The summed E-state index contributed by atoms with van der Waals surface area (Å²) in [5, 5.41) is 0. The molecule has 1 aliphatic heterocycles. The summed E-state index contributed by atoms with van der Waals surface area (Å²) in [6.45, 7) is 0.196. The van der Waals surface area contributed by atoms with Crippen molar-refractivity contribution in [3.05, 3.63) is 94.6 Å². The van der Waals surface area contributed by atoms with Gasteiger partial charge in [-0.25, -0.2) is 26.3 Å². The molecular weight excluding hydrogens is 538 g/mol. The second-order valence-corrected chi connectivity index (χ2v) is 9.63. The van der Waals surface area contributed by atoms with Gasteiger partial charge in [0.1, 0.15) is 11.6 Å². The zero-order chi connectivity index (χ0) is 29.1. The fourth-order valence-electron chi connectivity index (χ4n) is 4.70. The highest BCUT2D eigenvalue weighted by atomic mass is 19.2. The van der Waals surface area contributed by atoms with Crippen molar-refractivity contribution >= 4 is 23.2 Å². The van der Waals surface area contributed by atoms with Gasteiger partial charge in [-0.2, -0.15) is 0 Å². The van der Waals surface area contributed by atoms with Crippen LogP contribution < -0.4 is 21.3 Å². The van der Waals surface area contributed by atoms with E-state index in [4.69, 9.17) is 11.5 Å². The molecule has 40 heavy (non-hydrogen) atoms. The third kappa shape index (κ3) is 6.45. The first-order valence-corrected chi connectivity index (χ1v) is 12.4. The Hall–Kier alpha value is -3.90. The number of nitrogens with zero attached hydrogens (tertiary/aromatic N) is 2. The first-order valence-electron chi connectivity index (χ1n) is 12.4. The highest BCUT2D eigenvalue weighted by Crippen LogP contribution is 2.34. The summed E-state index contributed by atoms with van der Waals surface area (Å²) in [7, 11) is 0. The van der Waals surface area contributed by atoms with Crippen molar-refractivity contribution in [1.29, 1.82) is 0 Å². The van der Waals surface area contributed by atoms with Gasteiger partial charge < -0.3 is 21.3 Å². The Morgan fingerprint density at radius 3 is 1.35 bits per heavy atom. The minimum Gasteiger partial charge on any atom is -0.327 e. The molecule has 0 radical (unpaired) electrons. The van der Waals surface area contributed by atoms with E-state index in [0.717, 1.165) is 0 Å². The molecule has 3 aromatic carbocycles. The van der Waals surface area contributed by atoms with Gasteiger partial charge in [0.25, 0.3) is 0 Å². The van der Waals surface area contributed by atoms with Crippen LogP contribution >= 0.6 is 0 Å². The van der Waals surface area contributed by atoms with E-state index in [9.17, 15) is 35.9 Å². The van der Waals surface area contributed by atoms with Crippen molar-refractivity contribution in [3.63, 3.8) is 0 Å². The lowest BCUT2D eigenvalue weighted by Gasteiger charge is -2.37. The third-order valence-corrected chi connectivity index (χ3v) is 6.63. The Labute approximate surface area is 226 Å². The van der Waals surface area contributed by atoms with Crippen LogP contribution in [0.1, 0.15) is 24.0 Å². The quantitative estimate of drug-likeness (QED) is 0.318. The molecule has 212 valence electrons. The molecule has 0 aromatic heterocycles. The summed E-state index contributed by atoms with van der Waals surface area (Å²) in [6.07, 6.45) is -0.868. The van der Waals surface area contributed by atoms with Crippen LogP contribution in [-0.4, -0.2) is 37.0 Å². The van der Waals surface area contributed by atoms with Gasteiger partial charge >= 0.3 is 0 Å². The van der Waals surface area contributed by atoms with E-state index >= 15 is 0 Å². The number of rotatable bonds is 8. The van der Waals surface area contributed by atoms with E-state index in [0.29, 0.717) is 35.6 Å². The van der Waals surface area contributed by atoms with Gasteiger partial charge in [0, 0.05) is 50.1 Å². The molecule has 2 atom stereocenters. The number of hydrogen-bond acceptors (Lipinski definition) is 4. The topological polar surface area (TPSA) is 92.7 Å². The van der Waals surface area contributed by atoms with Crippen LogP contribution in [0, 0.1) is 34.9 Å². The predicted molar refractivity (Wildman–Crippen MR) is 136 cm³/mol. The van der Waals surface area contributed by atoms with E-state index in [-0.39, 0.29) is 49.9 Å². The van der Waals surface area contributed by atoms with Gasteiger partial charge in [-0.05, 0) is 48.2 Å². The van der Waals surface area contributed by atoms with Crippen molar-refractivity contribution in [2.45, 2.75) is 37.8 Å². The molecule has 0 fully saturated rings. The minimum absolute atomic E-state index is 0.0981. The Bertz CT molecular complexity index is 1330. The molecule has 12 heteroatoms. The van der Waals surface area contributed by atoms with Gasteiger partial charge in [-0.1, -0.05) is 12.1 Å². The van der Waals surface area contributed by atoms with Crippen molar-refractivity contribution in [2.75, 3.05) is 22.9 Å². The molecule has 0 saturated carbocycles. The molecule has 0 saturated heterocycles. The smallest absolute Gasteiger partial charge is 0.228 e. The van der Waals surface area contributed by atoms with Crippen LogP contribution in [0.5, 0.6) is 0 Å². The SMILES string of the molecule is N[C@H](CC(=O)N1CCN(C(=O)C[C@H](N)Cc2cc(F)c(F)cc2F)c2ccccc21)Cc1cc(F)c(F)cc1F. The maximum absolute atomic E-state index is 14.0. The number of hydrogen-bond donors (Lipinski definition) is 2. The summed E-state index contributed by atoms with van der Waals surface area (Å²) < 4.78 is 81.5. The lowest BCUT2D eigenvalue weighted by molar-refractivity contribution is -0.120. The summed E-state index contributed by atoms with van der Waals surface area (Å²) in [4.78, 5) is 29.1. The van der Waals surface area contributed by atoms with E-state index in [1.165, 1.54) is 9.80 Å². The Morgan fingerprint density at radius 1 is 0.625 bits per heavy atom. The standard InChI is InChI=1S/C28H26F6N4O2/c29-19-13-23(33)21(31)9-15(19)7-17(35)11-27(39)37-5-6-38(26-4-2-1-3-25(26)37)28(40)12-18(36)8-16-10-22(32)24(34)14-20(16)30/h1-4,9-10,13-14,17-18H,5-8,11-12,35-36H2/t17-,18+. The van der Waals surface area contributed by atoms with Crippen LogP contribution in [0.3, 0.4) is 0 Å². The van der Waals surface area contributed by atoms with Crippen molar-refractivity contribution in [2.24, 2.45) is 11.5 Å². The van der Waals surface area contributed by atoms with Gasteiger partial charge in [-0.15, -0.1) is 0 Å². The van der Waals surface area contributed by atoms with E-state index in [1.54, 1.807) is 24.3 Å². The second-order valence-electron chi connectivity index (χ2n) is 9.63. The summed E-state index contributed by atoms with van der Waals surface area (Å²) in [6, 6.07) is 7.07. The van der Waals surface area contributed by atoms with Crippen molar-refractivity contribution < 1.29 is 35.9 Å². The number of amides is 2. The van der Waals surface area contributed by atoms with E-state index < -0.39 is 58.8 Å². The number of para-hydroxylation sites is 2. The second kappa shape index (κ2) is 12.1. The average Bonchev–Trinajstić information content (AvgIpc) is 2.89. The molecule has 2 amide bonds. The van der Waals surface area contributed by atoms with Gasteiger partial charge in [0.15, 0.2) is 23.3 Å². The number of halogens is 6. The van der Waals surface area contributed by atoms with Crippen LogP contribution in [0.15, 0.2) is 48.5 Å². The van der Waals surface area contributed by atoms with Crippen LogP contribution in [0.2, 0.25) is 0 Å². The number of anilines is 2. The van der Waals surface area contributed by atoms with Crippen LogP contribution in [0.25, 0.3) is 0 Å². The van der Waals surface area contributed by atoms with Crippen LogP contribution in [-0.2, 0) is 22.4 Å². The Morgan fingerprint density at radius 2 is 0.975 bits per heavy atom. The molecule has 6 nitrogen and oxygen atoms in total. The summed E-state index contributed by atoms with van der Waals surface area (Å²) >= 11 is 0. The lowest BCUT2D eigenvalue weighted by atomic mass is 10.0. The van der Waals surface area contributed by atoms with E-state index in [1.807, 2.05) is 0 Å². The highest BCUT2D eigenvalue weighted by Gasteiger charge is 2.31. The molecule has 1 heterocycles. The molecule has 1 aliphatic rings. The zero-order valence-electron chi connectivity index (χ0n) is 21.1. The van der Waals surface area contributed by atoms with Crippen LogP contribution in [0.4, 0.5) is 37.7 Å². The Kier molecular flexibility index (Phi) is 8.79. The first kappa shape index (κ1) is 29.1. The first-order chi connectivity index (χ1) is 18.9. The van der Waals surface area contributed by atoms with Gasteiger partial charge in [-0.3, -0.25) is 9.59 Å². The number of nitrogens with two attached hydrogens (primary N) is 2. The van der Waals surface area contributed by atoms with Crippen molar-refractivity contribution in [3.8, 4) is 0 Å². The maximum atomic E-state index is 14.0. The highest BCUT2D eigenvalue weighted by molar-refractivity contribution is 6.04. The lowest BCUT2D eigenvalue weighted by Crippen LogP contribution is -2.48. The number of benzene rings is 3. The molecule has 3 aromatic rings. The largest absolute Gasteiger partial charge is 0.327 e.